The van der Waals surface area contributed by atoms with E-state index in [9.17, 15) is 0 Å². The van der Waals surface area contributed by atoms with Gasteiger partial charge in [-0.1, -0.05) is 12.1 Å². The summed E-state index contributed by atoms with van der Waals surface area (Å²) >= 11 is 1.33. The molecule has 5 aromatic heterocycles. The Balaban J connectivity index is 0.000000480. The van der Waals surface area contributed by atoms with Crippen molar-refractivity contribution < 1.29 is 42.4 Å². The number of nitrogens with zero attached hydrogens (tertiary/aromatic N) is 8. The van der Waals surface area contributed by atoms with E-state index >= 15 is 0 Å². The van der Waals surface area contributed by atoms with Crippen molar-refractivity contribution >= 4 is 9.64 Å². The summed E-state index contributed by atoms with van der Waals surface area (Å²) in [7, 11) is 10.6. The summed E-state index contributed by atoms with van der Waals surface area (Å²) in [5, 5.41) is 0. The molecule has 0 unspecified atom stereocenters. The van der Waals surface area contributed by atoms with Crippen molar-refractivity contribution in [2.75, 3.05) is 0 Å². The number of hydrogen-bond acceptors (Lipinski definition) is 5. The number of pyridine rings is 2. The van der Waals surface area contributed by atoms with Crippen molar-refractivity contribution in [3.05, 3.63) is 91.8 Å². The molecule has 0 saturated heterocycles. The van der Waals surface area contributed by atoms with Crippen LogP contribution >= 0.6 is 9.64 Å². The first-order valence-corrected chi connectivity index (χ1v) is 13.1. The van der Waals surface area contributed by atoms with E-state index in [2.05, 4.69) is 34.6 Å². The van der Waals surface area contributed by atoms with Gasteiger partial charge >= 0.3 is 27.2 Å². The van der Waals surface area contributed by atoms with Crippen molar-refractivity contribution in [1.82, 2.24) is 38.6 Å². The molecule has 0 aromatic carbocycles. The molecule has 0 bridgehead atoms. The molecule has 0 fully saturated rings. The van der Waals surface area contributed by atoms with Crippen LogP contribution in [0.15, 0.2) is 86.0 Å². The van der Waals surface area contributed by atoms with Gasteiger partial charge in [-0.3, -0.25) is 9.97 Å². The summed E-state index contributed by atoms with van der Waals surface area (Å²) in [6, 6.07) is 11.6. The standard InChI is InChI=1S/2C9H9N3.C5H8N2.3ClH.Os/c2*1-12-7-6-11-9(12)8-4-2-3-5-10-8;1-5-6-3-4-7(5)2;;;;/h2*2-7H,1H3;3-4H,1-2H3;3*1H;/q;;;;;;+1/p-3. The summed E-state index contributed by atoms with van der Waals surface area (Å²) in [5.74, 6) is 2.85. The van der Waals surface area contributed by atoms with E-state index in [1.54, 1.807) is 31.0 Å². The second-order valence-electron chi connectivity index (χ2n) is 6.74. The Kier molecular flexibility index (Phi) is 16.5. The average molecular weight is 711 g/mol. The summed E-state index contributed by atoms with van der Waals surface area (Å²) in [4.78, 5) is 20.7. The van der Waals surface area contributed by atoms with E-state index in [-0.39, 0.29) is 24.8 Å². The normalized spacial score (nSPS) is 8.97. The van der Waals surface area contributed by atoms with E-state index in [4.69, 9.17) is 0 Å². The molecule has 0 atom stereocenters. The van der Waals surface area contributed by atoms with Crippen molar-refractivity contribution in [3.8, 4) is 23.0 Å². The summed E-state index contributed by atoms with van der Waals surface area (Å²) in [6.45, 7) is 1.97. The SMILES string of the molecule is Cc1nccn1C.Cn1ccnc1-c1ccccn1.Cn1ccnc1-c1ccccn1.[Cl-].[Cl-].[Cl][Os]. The van der Waals surface area contributed by atoms with Crippen molar-refractivity contribution in [2.45, 2.75) is 6.92 Å². The zero-order chi connectivity index (χ0) is 24.1. The maximum atomic E-state index is 4.67. The molecular formula is C23H26Cl3N8Os-2. The molecule has 0 aliphatic heterocycles. The number of rotatable bonds is 2. The monoisotopic (exact) mass is 711 g/mol. The number of aryl methyl sites for hydroxylation is 4. The Bertz CT molecular complexity index is 1100. The van der Waals surface area contributed by atoms with Crippen LogP contribution in [0, 0.1) is 6.92 Å². The number of halogens is 3. The van der Waals surface area contributed by atoms with Crippen LogP contribution in [0.3, 0.4) is 0 Å². The van der Waals surface area contributed by atoms with Crippen molar-refractivity contribution in [2.24, 2.45) is 21.1 Å². The molecule has 0 saturated carbocycles. The number of imidazole rings is 3. The fourth-order valence-corrected chi connectivity index (χ4v) is 2.66. The molecule has 0 spiro atoms. The van der Waals surface area contributed by atoms with E-state index in [0.29, 0.717) is 0 Å². The zero-order valence-electron chi connectivity index (χ0n) is 19.6. The van der Waals surface area contributed by atoms with E-state index < -0.39 is 0 Å². The fourth-order valence-electron chi connectivity index (χ4n) is 2.66. The van der Waals surface area contributed by atoms with Gasteiger partial charge in [0.05, 0.1) is 0 Å². The number of hydrogen-bond donors (Lipinski definition) is 0. The Morgan fingerprint density at radius 1 is 0.571 bits per heavy atom. The minimum atomic E-state index is 0. The molecule has 5 rings (SSSR count). The third-order valence-electron chi connectivity index (χ3n) is 4.49. The average Bonchev–Trinajstić information content (AvgIpc) is 3.59. The van der Waals surface area contributed by atoms with Crippen LogP contribution in [0.2, 0.25) is 0 Å². The third kappa shape index (κ3) is 10.3. The van der Waals surface area contributed by atoms with Gasteiger partial charge in [-0.2, -0.15) is 0 Å². The topological polar surface area (TPSA) is 79.2 Å². The van der Waals surface area contributed by atoms with Crippen LogP contribution in [-0.2, 0) is 38.7 Å². The summed E-state index contributed by atoms with van der Waals surface area (Å²) in [6.07, 6.45) is 14.6. The molecule has 0 aliphatic rings. The molecule has 12 heteroatoms. The van der Waals surface area contributed by atoms with E-state index in [0.717, 1.165) is 28.9 Å². The summed E-state index contributed by atoms with van der Waals surface area (Å²) in [5.41, 5.74) is 1.81. The molecule has 0 aliphatic carbocycles. The van der Waals surface area contributed by atoms with Gasteiger partial charge in [-0.05, 0) is 31.2 Å². The molecule has 35 heavy (non-hydrogen) atoms. The van der Waals surface area contributed by atoms with Gasteiger partial charge in [0, 0.05) is 70.7 Å². The first kappa shape index (κ1) is 32.4. The van der Waals surface area contributed by atoms with Gasteiger partial charge in [0.1, 0.15) is 17.2 Å². The van der Waals surface area contributed by atoms with Gasteiger partial charge in [0.2, 0.25) is 0 Å². The first-order valence-electron chi connectivity index (χ1n) is 9.91. The Morgan fingerprint density at radius 2 is 0.971 bits per heavy atom. The van der Waals surface area contributed by atoms with Crippen LogP contribution < -0.4 is 24.8 Å². The van der Waals surface area contributed by atoms with Crippen LogP contribution in [0.5, 0.6) is 0 Å². The molecule has 5 aromatic rings. The van der Waals surface area contributed by atoms with E-state index in [1.807, 2.05) is 96.8 Å². The molecule has 0 amide bonds. The van der Waals surface area contributed by atoms with Gasteiger partial charge in [-0.25, -0.2) is 15.0 Å². The molecule has 0 radical (unpaired) electrons. The fraction of sp³-hybridized carbons (Fsp3) is 0.174. The Hall–Kier alpha value is -2.56. The van der Waals surface area contributed by atoms with Gasteiger partial charge in [0.15, 0.2) is 11.6 Å². The second kappa shape index (κ2) is 17.8. The van der Waals surface area contributed by atoms with E-state index in [1.165, 1.54) is 17.6 Å². The maximum absolute atomic E-state index is 4.67. The van der Waals surface area contributed by atoms with Crippen LogP contribution in [0.4, 0.5) is 0 Å². The van der Waals surface area contributed by atoms with Gasteiger partial charge in [-0.15, -0.1) is 0 Å². The molecular weight excluding hydrogens is 685 g/mol. The quantitative estimate of drug-likeness (QED) is 0.221. The molecule has 0 N–H and O–H groups in total. The van der Waals surface area contributed by atoms with Crippen LogP contribution in [0.25, 0.3) is 23.0 Å². The third-order valence-corrected chi connectivity index (χ3v) is 4.49. The minimum absolute atomic E-state index is 0. The number of aromatic nitrogens is 8. The Labute approximate surface area is 232 Å². The first-order chi connectivity index (χ1) is 16.1. The molecule has 5 heterocycles. The van der Waals surface area contributed by atoms with Gasteiger partial charge in [0.25, 0.3) is 0 Å². The van der Waals surface area contributed by atoms with Gasteiger partial charge < -0.3 is 38.5 Å². The summed E-state index contributed by atoms with van der Waals surface area (Å²) < 4.78 is 5.87. The van der Waals surface area contributed by atoms with Crippen LogP contribution in [-0.4, -0.2) is 38.6 Å². The van der Waals surface area contributed by atoms with Crippen LogP contribution in [0.1, 0.15) is 5.82 Å². The second-order valence-corrected chi connectivity index (χ2v) is 6.74. The van der Waals surface area contributed by atoms with Crippen molar-refractivity contribution in [3.63, 3.8) is 0 Å². The predicted molar refractivity (Wildman–Crippen MR) is 127 cm³/mol. The zero-order valence-corrected chi connectivity index (χ0v) is 24.5. The Morgan fingerprint density at radius 3 is 1.20 bits per heavy atom. The predicted octanol–water partition coefficient (Wildman–Crippen LogP) is -1.61. The molecule has 8 nitrogen and oxygen atoms in total. The molecule has 189 valence electrons. The van der Waals surface area contributed by atoms with Crippen molar-refractivity contribution in [1.29, 1.82) is 0 Å².